The minimum atomic E-state index is -0.0775. The van der Waals surface area contributed by atoms with Gasteiger partial charge >= 0.3 is 0 Å². The van der Waals surface area contributed by atoms with Crippen LogP contribution in [0.4, 0.5) is 0 Å². The van der Waals surface area contributed by atoms with E-state index in [0.29, 0.717) is 22.0 Å². The van der Waals surface area contributed by atoms with Crippen LogP contribution < -0.4 is 5.32 Å². The molecule has 1 rings (SSSR count). The number of hydrogen-bond acceptors (Lipinski definition) is 2. The van der Waals surface area contributed by atoms with Crippen molar-refractivity contribution in [2.75, 3.05) is 6.54 Å². The predicted molar refractivity (Wildman–Crippen MR) is 70.6 cm³/mol. The minimum absolute atomic E-state index is 0.0775. The van der Waals surface area contributed by atoms with Crippen LogP contribution in [0.25, 0.3) is 0 Å². The average Bonchev–Trinajstić information content (AvgIpc) is 2.28. The molecule has 2 nitrogen and oxygen atoms in total. The number of rotatable bonds is 5. The minimum Gasteiger partial charge on any atom is -0.352 e. The van der Waals surface area contributed by atoms with Gasteiger partial charge in [-0.2, -0.15) is 0 Å². The van der Waals surface area contributed by atoms with E-state index < -0.39 is 0 Å². The fourth-order valence-electron chi connectivity index (χ4n) is 1.33. The number of carbonyl (C=O) groups is 1. The van der Waals surface area contributed by atoms with Gasteiger partial charge in [-0.1, -0.05) is 31.4 Å². The number of benzene rings is 1. The van der Waals surface area contributed by atoms with Crippen molar-refractivity contribution in [3.05, 3.63) is 28.8 Å². The summed E-state index contributed by atoms with van der Waals surface area (Å²) in [6.07, 6.45) is 3.30. The van der Waals surface area contributed by atoms with Crippen LogP contribution in [0, 0.1) is 0 Å². The lowest BCUT2D eigenvalue weighted by Crippen LogP contribution is -2.24. The van der Waals surface area contributed by atoms with Crippen molar-refractivity contribution in [1.82, 2.24) is 5.32 Å². The molecule has 0 atom stereocenters. The lowest BCUT2D eigenvalue weighted by molar-refractivity contribution is 0.0953. The summed E-state index contributed by atoms with van der Waals surface area (Å²) in [5.41, 5.74) is 0.583. The van der Waals surface area contributed by atoms with Crippen LogP contribution in [0.3, 0.4) is 0 Å². The molecule has 1 aromatic rings. The Bertz CT molecular complexity index is 368. The Labute approximate surface area is 107 Å². The molecule has 0 unspecified atom stereocenters. The standard InChI is InChI=1S/C12H16ClNOS/c1-2-3-4-7-14-12(15)9-5-6-11(16)10(13)8-9/h5-6,8,16H,2-4,7H2,1H3,(H,14,15). The third-order valence-corrected chi connectivity index (χ3v) is 3.11. The van der Waals surface area contributed by atoms with Crippen LogP contribution in [0.15, 0.2) is 23.1 Å². The molecule has 0 radical (unpaired) electrons. The number of nitrogens with one attached hydrogen (secondary N) is 1. The first kappa shape index (κ1) is 13.4. The number of amides is 1. The van der Waals surface area contributed by atoms with Gasteiger partial charge in [0.05, 0.1) is 5.02 Å². The molecule has 16 heavy (non-hydrogen) atoms. The van der Waals surface area contributed by atoms with Gasteiger partial charge in [-0.3, -0.25) is 4.79 Å². The van der Waals surface area contributed by atoms with Gasteiger partial charge < -0.3 is 5.32 Å². The zero-order valence-electron chi connectivity index (χ0n) is 9.29. The Balaban J connectivity index is 2.50. The van der Waals surface area contributed by atoms with Crippen molar-refractivity contribution in [2.24, 2.45) is 0 Å². The van der Waals surface area contributed by atoms with Crippen molar-refractivity contribution >= 4 is 30.1 Å². The molecule has 0 aliphatic rings. The van der Waals surface area contributed by atoms with Crippen molar-refractivity contribution in [1.29, 1.82) is 0 Å². The maximum Gasteiger partial charge on any atom is 0.251 e. The number of halogens is 1. The first-order chi connectivity index (χ1) is 7.65. The number of carbonyl (C=O) groups excluding carboxylic acids is 1. The number of unbranched alkanes of at least 4 members (excludes halogenated alkanes) is 2. The lowest BCUT2D eigenvalue weighted by Gasteiger charge is -2.05. The Kier molecular flexibility index (Phi) is 5.71. The molecule has 0 bridgehead atoms. The zero-order valence-corrected chi connectivity index (χ0v) is 10.9. The van der Waals surface area contributed by atoms with Gasteiger partial charge in [-0.15, -0.1) is 12.6 Å². The van der Waals surface area contributed by atoms with E-state index in [1.807, 2.05) is 0 Å². The highest BCUT2D eigenvalue weighted by Crippen LogP contribution is 2.20. The number of hydrogen-bond donors (Lipinski definition) is 2. The fourth-order valence-corrected chi connectivity index (χ4v) is 1.65. The molecular formula is C12H16ClNOS. The fraction of sp³-hybridized carbons (Fsp3) is 0.417. The van der Waals surface area contributed by atoms with Crippen LogP contribution >= 0.6 is 24.2 Å². The second-order valence-corrected chi connectivity index (χ2v) is 4.52. The quantitative estimate of drug-likeness (QED) is 0.613. The molecule has 0 heterocycles. The first-order valence-electron chi connectivity index (χ1n) is 5.42. The van der Waals surface area contributed by atoms with E-state index in [0.717, 1.165) is 19.3 Å². The number of thiol groups is 1. The maximum atomic E-state index is 11.7. The smallest absolute Gasteiger partial charge is 0.251 e. The van der Waals surface area contributed by atoms with Crippen LogP contribution in [-0.4, -0.2) is 12.5 Å². The Morgan fingerprint density at radius 1 is 1.44 bits per heavy atom. The van der Waals surface area contributed by atoms with Gasteiger partial charge in [0.1, 0.15) is 0 Å². The van der Waals surface area contributed by atoms with Gasteiger partial charge in [0.15, 0.2) is 0 Å². The van der Waals surface area contributed by atoms with Crippen LogP contribution in [0.5, 0.6) is 0 Å². The van der Waals surface area contributed by atoms with E-state index in [4.69, 9.17) is 11.6 Å². The highest BCUT2D eigenvalue weighted by molar-refractivity contribution is 7.80. The topological polar surface area (TPSA) is 29.1 Å². The Morgan fingerprint density at radius 2 is 2.19 bits per heavy atom. The summed E-state index contributed by atoms with van der Waals surface area (Å²) >= 11 is 10.0. The highest BCUT2D eigenvalue weighted by atomic mass is 35.5. The molecule has 0 saturated carbocycles. The molecule has 1 amide bonds. The molecule has 88 valence electrons. The summed E-state index contributed by atoms with van der Waals surface area (Å²) in [6, 6.07) is 5.09. The molecule has 0 spiro atoms. The SMILES string of the molecule is CCCCCNC(=O)c1ccc(S)c(Cl)c1. The van der Waals surface area contributed by atoms with E-state index in [1.165, 1.54) is 0 Å². The average molecular weight is 258 g/mol. The van der Waals surface area contributed by atoms with E-state index >= 15 is 0 Å². The van der Waals surface area contributed by atoms with Gasteiger partial charge in [-0.05, 0) is 24.6 Å². The Hall–Kier alpha value is -0.670. The largest absolute Gasteiger partial charge is 0.352 e. The molecule has 4 heteroatoms. The third-order valence-electron chi connectivity index (χ3n) is 2.28. The van der Waals surface area contributed by atoms with E-state index in [1.54, 1.807) is 18.2 Å². The molecule has 1 aromatic carbocycles. The predicted octanol–water partition coefficient (Wildman–Crippen LogP) is 3.55. The third kappa shape index (κ3) is 4.06. The van der Waals surface area contributed by atoms with Gasteiger partial charge in [-0.25, -0.2) is 0 Å². The van der Waals surface area contributed by atoms with E-state index in [2.05, 4.69) is 24.9 Å². The molecule has 0 aromatic heterocycles. The maximum absolute atomic E-state index is 11.7. The van der Waals surface area contributed by atoms with Crippen LogP contribution in [0.2, 0.25) is 5.02 Å². The highest BCUT2D eigenvalue weighted by Gasteiger charge is 2.06. The van der Waals surface area contributed by atoms with Crippen LogP contribution in [-0.2, 0) is 0 Å². The zero-order chi connectivity index (χ0) is 12.0. The summed E-state index contributed by atoms with van der Waals surface area (Å²) < 4.78 is 0. The molecule has 0 aliphatic heterocycles. The van der Waals surface area contributed by atoms with Crippen molar-refractivity contribution < 1.29 is 4.79 Å². The summed E-state index contributed by atoms with van der Waals surface area (Å²) in [6.45, 7) is 2.85. The van der Waals surface area contributed by atoms with Crippen molar-refractivity contribution in [3.8, 4) is 0 Å². The van der Waals surface area contributed by atoms with Crippen LogP contribution in [0.1, 0.15) is 36.5 Å². The van der Waals surface area contributed by atoms with Gasteiger partial charge in [0.2, 0.25) is 0 Å². The summed E-state index contributed by atoms with van der Waals surface area (Å²) in [4.78, 5) is 12.4. The van der Waals surface area contributed by atoms with Gasteiger partial charge in [0.25, 0.3) is 5.91 Å². The molecule has 0 fully saturated rings. The van der Waals surface area contributed by atoms with E-state index in [9.17, 15) is 4.79 Å². The summed E-state index contributed by atoms with van der Waals surface area (Å²) in [5, 5.41) is 3.36. The summed E-state index contributed by atoms with van der Waals surface area (Å²) in [7, 11) is 0. The van der Waals surface area contributed by atoms with E-state index in [-0.39, 0.29) is 5.91 Å². The normalized spacial score (nSPS) is 10.2. The monoisotopic (exact) mass is 257 g/mol. The second kappa shape index (κ2) is 6.81. The molecule has 0 saturated heterocycles. The van der Waals surface area contributed by atoms with Crippen molar-refractivity contribution in [3.63, 3.8) is 0 Å². The van der Waals surface area contributed by atoms with Gasteiger partial charge in [0, 0.05) is 17.0 Å². The molecule has 0 aliphatic carbocycles. The van der Waals surface area contributed by atoms with Crippen molar-refractivity contribution in [2.45, 2.75) is 31.1 Å². The molecular weight excluding hydrogens is 242 g/mol. The lowest BCUT2D eigenvalue weighted by atomic mass is 10.2. The summed E-state index contributed by atoms with van der Waals surface area (Å²) in [5.74, 6) is -0.0775. The second-order valence-electron chi connectivity index (χ2n) is 3.63. The molecule has 1 N–H and O–H groups in total. The first-order valence-corrected chi connectivity index (χ1v) is 6.24. The Morgan fingerprint density at radius 3 is 2.81 bits per heavy atom.